The van der Waals surface area contributed by atoms with Crippen molar-refractivity contribution in [2.75, 3.05) is 5.75 Å². The fourth-order valence-electron chi connectivity index (χ4n) is 2.14. The van der Waals surface area contributed by atoms with Crippen molar-refractivity contribution in [3.05, 3.63) is 18.4 Å². The second-order valence-electron chi connectivity index (χ2n) is 5.53. The molecular formula is C15H20N4O3S. The predicted octanol–water partition coefficient (Wildman–Crippen LogP) is 1.90. The molecule has 0 spiro atoms. The number of Topliss-reactive ketones (excluding diaryl/α,β-unsaturated/α-hetero) is 1. The Morgan fingerprint density at radius 3 is 2.70 bits per heavy atom. The summed E-state index contributed by atoms with van der Waals surface area (Å²) < 4.78 is 7.06. The first-order valence-electron chi connectivity index (χ1n) is 7.26. The van der Waals surface area contributed by atoms with Crippen molar-refractivity contribution >= 4 is 23.5 Å². The Labute approximate surface area is 138 Å². The van der Waals surface area contributed by atoms with Crippen LogP contribution in [0.3, 0.4) is 0 Å². The van der Waals surface area contributed by atoms with E-state index in [9.17, 15) is 9.59 Å². The van der Waals surface area contributed by atoms with Crippen LogP contribution in [0.15, 0.2) is 28.0 Å². The number of nitrogens with zero attached hydrogens (tertiary/aromatic N) is 3. The van der Waals surface area contributed by atoms with E-state index in [1.807, 2.05) is 20.9 Å². The summed E-state index contributed by atoms with van der Waals surface area (Å²) in [7, 11) is 1.81. The van der Waals surface area contributed by atoms with E-state index in [0.29, 0.717) is 16.7 Å². The lowest BCUT2D eigenvalue weighted by atomic mass is 10.0. The number of nitrogens with one attached hydrogen (secondary N) is 1. The topological polar surface area (TPSA) is 90.0 Å². The van der Waals surface area contributed by atoms with Gasteiger partial charge in [-0.25, -0.2) is 0 Å². The molecule has 0 bridgehead atoms. The second-order valence-corrected chi connectivity index (χ2v) is 6.47. The van der Waals surface area contributed by atoms with Gasteiger partial charge in [-0.3, -0.25) is 9.59 Å². The molecule has 8 heteroatoms. The lowest BCUT2D eigenvalue weighted by Gasteiger charge is -2.19. The van der Waals surface area contributed by atoms with Gasteiger partial charge in [0.2, 0.25) is 5.91 Å². The van der Waals surface area contributed by atoms with Crippen LogP contribution in [0.2, 0.25) is 0 Å². The number of hydrogen-bond donors (Lipinski definition) is 1. The average molecular weight is 336 g/mol. The van der Waals surface area contributed by atoms with Crippen molar-refractivity contribution in [2.45, 2.75) is 32.0 Å². The molecule has 1 atom stereocenters. The summed E-state index contributed by atoms with van der Waals surface area (Å²) in [5, 5.41) is 11.5. The summed E-state index contributed by atoms with van der Waals surface area (Å²) in [6, 6.07) is 3.12. The Bertz CT molecular complexity index is 679. The smallest absolute Gasteiger partial charge is 0.231 e. The van der Waals surface area contributed by atoms with Gasteiger partial charge in [-0.1, -0.05) is 25.6 Å². The van der Waals surface area contributed by atoms with E-state index < -0.39 is 6.04 Å². The maximum atomic E-state index is 12.0. The van der Waals surface area contributed by atoms with E-state index in [2.05, 4.69) is 15.5 Å². The molecule has 2 heterocycles. The first-order chi connectivity index (χ1) is 10.9. The molecule has 0 aliphatic carbocycles. The molecule has 0 saturated carbocycles. The fourth-order valence-corrected chi connectivity index (χ4v) is 2.87. The minimum Gasteiger partial charge on any atom is -0.461 e. The molecule has 2 aromatic heterocycles. The normalized spacial score (nSPS) is 12.4. The third-order valence-corrected chi connectivity index (χ3v) is 4.35. The number of furan rings is 1. The van der Waals surface area contributed by atoms with Gasteiger partial charge in [-0.15, -0.1) is 10.2 Å². The molecule has 0 aliphatic heterocycles. The Balaban J connectivity index is 1.96. The van der Waals surface area contributed by atoms with Crippen LogP contribution in [0.1, 0.15) is 20.8 Å². The third-order valence-electron chi connectivity index (χ3n) is 3.33. The van der Waals surface area contributed by atoms with E-state index in [4.69, 9.17) is 4.42 Å². The van der Waals surface area contributed by atoms with Gasteiger partial charge in [0.1, 0.15) is 0 Å². The Kier molecular flexibility index (Phi) is 5.59. The molecule has 0 aromatic carbocycles. The van der Waals surface area contributed by atoms with Crippen LogP contribution in [0.4, 0.5) is 0 Å². The zero-order valence-electron chi connectivity index (χ0n) is 13.6. The first-order valence-corrected chi connectivity index (χ1v) is 8.24. The molecule has 0 fully saturated rings. The zero-order valence-corrected chi connectivity index (χ0v) is 14.4. The summed E-state index contributed by atoms with van der Waals surface area (Å²) in [5.74, 6) is 1.19. The Morgan fingerprint density at radius 2 is 2.13 bits per heavy atom. The van der Waals surface area contributed by atoms with E-state index in [1.54, 1.807) is 23.0 Å². The predicted molar refractivity (Wildman–Crippen MR) is 86.9 cm³/mol. The molecule has 0 saturated heterocycles. The lowest BCUT2D eigenvalue weighted by Crippen LogP contribution is -2.44. The number of carbonyl (C=O) groups is 2. The molecule has 7 nitrogen and oxygen atoms in total. The molecule has 1 unspecified atom stereocenters. The van der Waals surface area contributed by atoms with Crippen molar-refractivity contribution in [2.24, 2.45) is 13.0 Å². The molecule has 0 radical (unpaired) electrons. The zero-order chi connectivity index (χ0) is 17.0. The van der Waals surface area contributed by atoms with E-state index in [1.165, 1.54) is 18.7 Å². The SMILES string of the molecule is CC(=O)C(NC(=O)CSc1nnc(-c2ccco2)n1C)C(C)C. The average Bonchev–Trinajstić information content (AvgIpc) is 3.11. The summed E-state index contributed by atoms with van der Waals surface area (Å²) in [4.78, 5) is 23.5. The third kappa shape index (κ3) is 4.22. The summed E-state index contributed by atoms with van der Waals surface area (Å²) in [6.07, 6.45) is 1.57. The van der Waals surface area contributed by atoms with Crippen molar-refractivity contribution in [1.29, 1.82) is 0 Å². The van der Waals surface area contributed by atoms with Gasteiger partial charge < -0.3 is 14.3 Å². The minimum absolute atomic E-state index is 0.0443. The van der Waals surface area contributed by atoms with Crippen LogP contribution in [-0.2, 0) is 16.6 Å². The van der Waals surface area contributed by atoms with E-state index >= 15 is 0 Å². The van der Waals surface area contributed by atoms with Crippen LogP contribution in [0.25, 0.3) is 11.6 Å². The number of rotatable bonds is 7. The van der Waals surface area contributed by atoms with E-state index in [-0.39, 0.29) is 23.4 Å². The molecular weight excluding hydrogens is 316 g/mol. The monoisotopic (exact) mass is 336 g/mol. The van der Waals surface area contributed by atoms with Gasteiger partial charge in [-0.05, 0) is 25.0 Å². The molecule has 2 rings (SSSR count). The van der Waals surface area contributed by atoms with Crippen LogP contribution in [0.5, 0.6) is 0 Å². The van der Waals surface area contributed by atoms with E-state index in [0.717, 1.165) is 0 Å². The highest BCUT2D eigenvalue weighted by atomic mass is 32.2. The maximum Gasteiger partial charge on any atom is 0.231 e. The number of aromatic nitrogens is 3. The van der Waals surface area contributed by atoms with Gasteiger partial charge >= 0.3 is 0 Å². The number of carbonyl (C=O) groups excluding carboxylic acids is 2. The summed E-state index contributed by atoms with van der Waals surface area (Å²) in [5.41, 5.74) is 0. The molecule has 1 amide bonds. The quantitative estimate of drug-likeness (QED) is 0.777. The van der Waals surface area contributed by atoms with Crippen molar-refractivity contribution < 1.29 is 14.0 Å². The van der Waals surface area contributed by atoms with Crippen LogP contribution >= 0.6 is 11.8 Å². The lowest BCUT2D eigenvalue weighted by molar-refractivity contribution is -0.126. The fraction of sp³-hybridized carbons (Fsp3) is 0.467. The molecule has 124 valence electrons. The maximum absolute atomic E-state index is 12.0. The van der Waals surface area contributed by atoms with Crippen LogP contribution in [0, 0.1) is 5.92 Å². The van der Waals surface area contributed by atoms with Gasteiger partial charge in [-0.2, -0.15) is 0 Å². The van der Waals surface area contributed by atoms with Crippen molar-refractivity contribution in [1.82, 2.24) is 20.1 Å². The number of hydrogen-bond acceptors (Lipinski definition) is 6. The minimum atomic E-state index is -0.457. The number of amides is 1. The molecule has 0 aliphatic rings. The van der Waals surface area contributed by atoms with Gasteiger partial charge in [0.25, 0.3) is 0 Å². The van der Waals surface area contributed by atoms with Crippen LogP contribution in [-0.4, -0.2) is 38.2 Å². The highest BCUT2D eigenvalue weighted by Crippen LogP contribution is 2.22. The molecule has 2 aromatic rings. The number of ketones is 1. The highest BCUT2D eigenvalue weighted by molar-refractivity contribution is 7.99. The molecule has 23 heavy (non-hydrogen) atoms. The Hall–Kier alpha value is -2.09. The van der Waals surface area contributed by atoms with Gasteiger partial charge in [0.15, 0.2) is 22.5 Å². The highest BCUT2D eigenvalue weighted by Gasteiger charge is 2.21. The number of thioether (sulfide) groups is 1. The Morgan fingerprint density at radius 1 is 1.39 bits per heavy atom. The standard InChI is InChI=1S/C15H20N4O3S/c1-9(2)13(10(3)20)16-12(21)8-23-15-18-17-14(19(15)4)11-6-5-7-22-11/h5-7,9,13H,8H2,1-4H3,(H,16,21). The van der Waals surface area contributed by atoms with Crippen molar-refractivity contribution in [3.63, 3.8) is 0 Å². The van der Waals surface area contributed by atoms with Crippen molar-refractivity contribution in [3.8, 4) is 11.6 Å². The first kappa shape index (κ1) is 17.3. The van der Waals surface area contributed by atoms with Gasteiger partial charge in [0.05, 0.1) is 18.1 Å². The van der Waals surface area contributed by atoms with Gasteiger partial charge in [0, 0.05) is 7.05 Å². The largest absolute Gasteiger partial charge is 0.461 e. The second kappa shape index (κ2) is 7.45. The summed E-state index contributed by atoms with van der Waals surface area (Å²) in [6.45, 7) is 5.28. The molecule has 1 N–H and O–H groups in total. The summed E-state index contributed by atoms with van der Waals surface area (Å²) >= 11 is 1.26. The van der Waals surface area contributed by atoms with Crippen LogP contribution < -0.4 is 5.32 Å².